The zero-order valence-electron chi connectivity index (χ0n) is 11.2. The van der Waals surface area contributed by atoms with Crippen LogP contribution in [0.15, 0.2) is 30.3 Å². The van der Waals surface area contributed by atoms with E-state index in [1.807, 2.05) is 6.07 Å². The number of aromatic nitrogens is 1. The first kappa shape index (κ1) is 12.6. The van der Waals surface area contributed by atoms with Crippen LogP contribution in [0.3, 0.4) is 0 Å². The molecule has 1 heterocycles. The summed E-state index contributed by atoms with van der Waals surface area (Å²) in [5, 5.41) is 1.09. The van der Waals surface area contributed by atoms with Crippen molar-refractivity contribution < 1.29 is 0 Å². The molecular formula is C15H19N3S. The van der Waals surface area contributed by atoms with Gasteiger partial charge >= 0.3 is 0 Å². The molecule has 3 nitrogen and oxygen atoms in total. The van der Waals surface area contributed by atoms with Gasteiger partial charge in [-0.2, -0.15) is 0 Å². The third-order valence-corrected chi connectivity index (χ3v) is 4.82. The van der Waals surface area contributed by atoms with Crippen molar-refractivity contribution in [2.75, 3.05) is 11.9 Å². The average Bonchev–Trinajstić information content (AvgIpc) is 2.85. The summed E-state index contributed by atoms with van der Waals surface area (Å²) in [4.78, 5) is 8.34. The molecule has 4 heteroatoms. The van der Waals surface area contributed by atoms with E-state index in [2.05, 4.69) is 36.2 Å². The van der Waals surface area contributed by atoms with Crippen molar-refractivity contribution in [3.8, 4) is 0 Å². The van der Waals surface area contributed by atoms with E-state index in [1.54, 1.807) is 11.3 Å². The van der Waals surface area contributed by atoms with E-state index in [0.29, 0.717) is 0 Å². The van der Waals surface area contributed by atoms with Crippen molar-refractivity contribution in [1.82, 2.24) is 4.98 Å². The molecule has 0 amide bonds. The fourth-order valence-electron chi connectivity index (χ4n) is 2.53. The molecule has 1 atom stereocenters. The Morgan fingerprint density at radius 1 is 1.37 bits per heavy atom. The van der Waals surface area contributed by atoms with Gasteiger partial charge in [0.05, 0.1) is 5.69 Å². The molecule has 1 aromatic heterocycles. The minimum atomic E-state index is 0.138. The van der Waals surface area contributed by atoms with Crippen LogP contribution in [0.2, 0.25) is 0 Å². The summed E-state index contributed by atoms with van der Waals surface area (Å²) in [6.07, 6.45) is 3.40. The van der Waals surface area contributed by atoms with Crippen LogP contribution >= 0.6 is 11.3 Å². The fraction of sp³-hybridized carbons (Fsp3) is 0.400. The Morgan fingerprint density at radius 3 is 2.89 bits per heavy atom. The maximum absolute atomic E-state index is 6.14. The number of aryl methyl sites for hydroxylation is 1. The predicted molar refractivity (Wildman–Crippen MR) is 80.5 cm³/mol. The van der Waals surface area contributed by atoms with Crippen LogP contribution in [-0.4, -0.2) is 12.0 Å². The van der Waals surface area contributed by atoms with Crippen LogP contribution in [0.4, 0.5) is 5.13 Å². The summed E-state index contributed by atoms with van der Waals surface area (Å²) in [7, 11) is 2.10. The third kappa shape index (κ3) is 2.65. The average molecular weight is 273 g/mol. The first-order valence-corrected chi connectivity index (χ1v) is 7.56. The van der Waals surface area contributed by atoms with Crippen LogP contribution in [-0.2, 0) is 13.0 Å². The molecule has 0 spiro atoms. The highest BCUT2D eigenvalue weighted by molar-refractivity contribution is 7.15. The van der Waals surface area contributed by atoms with Crippen molar-refractivity contribution in [3.63, 3.8) is 0 Å². The Bertz CT molecular complexity index is 550. The van der Waals surface area contributed by atoms with Crippen LogP contribution < -0.4 is 10.6 Å². The third-order valence-electron chi connectivity index (χ3n) is 3.58. The van der Waals surface area contributed by atoms with Crippen molar-refractivity contribution in [2.45, 2.75) is 31.8 Å². The first-order valence-electron chi connectivity index (χ1n) is 6.74. The minimum Gasteiger partial charge on any atom is -0.347 e. The standard InChI is InChI=1S/C15H19N3S/c1-18(10-11-6-3-2-4-7-11)15-17-14-12(16)8-5-9-13(14)19-15/h2-4,6-7,12H,5,8-10,16H2,1H3. The van der Waals surface area contributed by atoms with Crippen molar-refractivity contribution >= 4 is 16.5 Å². The molecule has 1 aromatic carbocycles. The molecule has 0 fully saturated rings. The lowest BCUT2D eigenvalue weighted by Crippen LogP contribution is -2.18. The molecule has 0 aliphatic heterocycles. The lowest BCUT2D eigenvalue weighted by Gasteiger charge is -2.16. The van der Waals surface area contributed by atoms with Crippen molar-refractivity contribution in [3.05, 3.63) is 46.5 Å². The lowest BCUT2D eigenvalue weighted by atomic mass is 9.99. The van der Waals surface area contributed by atoms with Crippen LogP contribution in [0, 0.1) is 0 Å². The molecule has 2 aromatic rings. The number of nitrogens with two attached hydrogens (primary N) is 1. The predicted octanol–water partition coefficient (Wildman–Crippen LogP) is 3.12. The number of anilines is 1. The van der Waals surface area contributed by atoms with Crippen molar-refractivity contribution in [1.29, 1.82) is 0 Å². The van der Waals surface area contributed by atoms with E-state index in [0.717, 1.165) is 30.2 Å². The smallest absolute Gasteiger partial charge is 0.185 e. The van der Waals surface area contributed by atoms with Crippen molar-refractivity contribution in [2.24, 2.45) is 5.73 Å². The van der Waals surface area contributed by atoms with Crippen LogP contribution in [0.1, 0.15) is 35.0 Å². The zero-order chi connectivity index (χ0) is 13.2. The van der Waals surface area contributed by atoms with E-state index in [1.165, 1.54) is 16.9 Å². The SMILES string of the molecule is CN(Cc1ccccc1)c1nc2c(s1)CCCC2N. The molecule has 0 bridgehead atoms. The molecule has 1 aliphatic carbocycles. The first-order chi connectivity index (χ1) is 9.24. The molecule has 100 valence electrons. The van der Waals surface area contributed by atoms with E-state index in [-0.39, 0.29) is 6.04 Å². The van der Waals surface area contributed by atoms with Crippen LogP contribution in [0.5, 0.6) is 0 Å². The highest BCUT2D eigenvalue weighted by Gasteiger charge is 2.22. The summed E-state index contributed by atoms with van der Waals surface area (Å²) in [6, 6.07) is 10.6. The Hall–Kier alpha value is -1.39. The minimum absolute atomic E-state index is 0.138. The summed E-state index contributed by atoms with van der Waals surface area (Å²) < 4.78 is 0. The molecule has 19 heavy (non-hydrogen) atoms. The Kier molecular flexibility index (Phi) is 3.53. The number of benzene rings is 1. The monoisotopic (exact) mass is 273 g/mol. The largest absolute Gasteiger partial charge is 0.347 e. The van der Waals surface area contributed by atoms with Crippen LogP contribution in [0.25, 0.3) is 0 Å². The summed E-state index contributed by atoms with van der Waals surface area (Å²) >= 11 is 1.80. The van der Waals surface area contributed by atoms with Gasteiger partial charge in [0.15, 0.2) is 5.13 Å². The number of nitrogens with zero attached hydrogens (tertiary/aromatic N) is 2. The molecule has 0 saturated carbocycles. The summed E-state index contributed by atoms with van der Waals surface area (Å²) in [6.45, 7) is 0.891. The Balaban J connectivity index is 1.79. The molecule has 2 N–H and O–H groups in total. The van der Waals surface area contributed by atoms with Gasteiger partial charge in [-0.15, -0.1) is 11.3 Å². The topological polar surface area (TPSA) is 42.2 Å². The van der Waals surface area contributed by atoms with Gasteiger partial charge in [0, 0.05) is 24.5 Å². The Morgan fingerprint density at radius 2 is 2.16 bits per heavy atom. The fourth-order valence-corrected chi connectivity index (χ4v) is 3.66. The molecule has 1 aliphatic rings. The molecule has 0 saturated heterocycles. The van der Waals surface area contributed by atoms with E-state index < -0.39 is 0 Å². The quantitative estimate of drug-likeness (QED) is 0.934. The summed E-state index contributed by atoms with van der Waals surface area (Å²) in [5.41, 5.74) is 8.58. The second kappa shape index (κ2) is 5.31. The Labute approximate surface area is 118 Å². The van der Waals surface area contributed by atoms with Gasteiger partial charge in [0.25, 0.3) is 0 Å². The van der Waals surface area contributed by atoms with Gasteiger partial charge in [-0.25, -0.2) is 4.98 Å². The van der Waals surface area contributed by atoms with Gasteiger partial charge in [-0.05, 0) is 24.8 Å². The van der Waals surface area contributed by atoms with Gasteiger partial charge in [0.2, 0.25) is 0 Å². The maximum atomic E-state index is 6.14. The van der Waals surface area contributed by atoms with E-state index in [4.69, 9.17) is 10.7 Å². The molecule has 1 unspecified atom stereocenters. The number of hydrogen-bond acceptors (Lipinski definition) is 4. The normalized spacial score (nSPS) is 18.1. The number of thiazole rings is 1. The second-order valence-corrected chi connectivity index (χ2v) is 6.21. The lowest BCUT2D eigenvalue weighted by molar-refractivity contribution is 0.563. The summed E-state index contributed by atoms with van der Waals surface area (Å²) in [5.74, 6) is 0. The number of rotatable bonds is 3. The van der Waals surface area contributed by atoms with Gasteiger partial charge < -0.3 is 10.6 Å². The second-order valence-electron chi connectivity index (χ2n) is 5.15. The van der Waals surface area contributed by atoms with Gasteiger partial charge in [0.1, 0.15) is 0 Å². The molecule has 3 rings (SSSR count). The highest BCUT2D eigenvalue weighted by atomic mass is 32.1. The van der Waals surface area contributed by atoms with E-state index in [9.17, 15) is 0 Å². The maximum Gasteiger partial charge on any atom is 0.185 e. The number of hydrogen-bond donors (Lipinski definition) is 1. The zero-order valence-corrected chi connectivity index (χ0v) is 12.0. The van der Waals surface area contributed by atoms with Gasteiger partial charge in [-0.1, -0.05) is 30.3 Å². The highest BCUT2D eigenvalue weighted by Crippen LogP contribution is 2.35. The van der Waals surface area contributed by atoms with Gasteiger partial charge in [-0.3, -0.25) is 0 Å². The van der Waals surface area contributed by atoms with E-state index >= 15 is 0 Å². The number of fused-ring (bicyclic) bond motifs is 1. The molecular weight excluding hydrogens is 254 g/mol. The molecule has 0 radical (unpaired) electrons.